The van der Waals surface area contributed by atoms with Gasteiger partial charge in [0.1, 0.15) is 11.5 Å². The van der Waals surface area contributed by atoms with Crippen LogP contribution >= 0.6 is 11.6 Å². The van der Waals surface area contributed by atoms with Crippen molar-refractivity contribution in [3.8, 4) is 11.5 Å². The molecule has 0 aliphatic heterocycles. The number of para-hydroxylation sites is 1. The zero-order valence-electron chi connectivity index (χ0n) is 15.4. The normalized spacial score (nSPS) is 10.2. The van der Waals surface area contributed by atoms with E-state index in [0.717, 1.165) is 17.0 Å². The van der Waals surface area contributed by atoms with Crippen molar-refractivity contribution in [3.63, 3.8) is 0 Å². The lowest BCUT2D eigenvalue weighted by molar-refractivity contribution is -0.118. The lowest BCUT2D eigenvalue weighted by Crippen LogP contribution is -2.20. The first-order chi connectivity index (χ1) is 13.6. The van der Waals surface area contributed by atoms with Gasteiger partial charge in [0.05, 0.1) is 12.1 Å². The molecule has 3 aromatic rings. The van der Waals surface area contributed by atoms with Gasteiger partial charge in [0.15, 0.2) is 6.61 Å². The molecule has 0 spiro atoms. The number of hydrogen-bond acceptors (Lipinski definition) is 4. The van der Waals surface area contributed by atoms with E-state index in [1.165, 1.54) is 0 Å². The standard InChI is InChI=1S/C22H21ClN2O3/c1-27-19-10-8-18(9-11-19)25-22(26)15-28-21-12-7-16(13-20(21)23)14-24-17-5-3-2-4-6-17/h2-13,24H,14-15H2,1H3,(H,25,26). The second-order valence-corrected chi connectivity index (χ2v) is 6.46. The summed E-state index contributed by atoms with van der Waals surface area (Å²) in [6.07, 6.45) is 0. The van der Waals surface area contributed by atoms with Crippen LogP contribution in [0.25, 0.3) is 0 Å². The zero-order valence-corrected chi connectivity index (χ0v) is 16.2. The van der Waals surface area contributed by atoms with E-state index in [-0.39, 0.29) is 12.5 Å². The molecule has 0 unspecified atom stereocenters. The maximum absolute atomic E-state index is 12.1. The third-order valence-corrected chi connectivity index (χ3v) is 4.29. The minimum Gasteiger partial charge on any atom is -0.497 e. The summed E-state index contributed by atoms with van der Waals surface area (Å²) in [5.41, 5.74) is 2.72. The number of nitrogens with one attached hydrogen (secondary N) is 2. The molecular weight excluding hydrogens is 376 g/mol. The Balaban J connectivity index is 1.50. The number of carbonyl (C=O) groups excluding carboxylic acids is 1. The summed E-state index contributed by atoms with van der Waals surface area (Å²) in [5, 5.41) is 6.54. The molecule has 6 heteroatoms. The van der Waals surface area contributed by atoms with E-state index in [4.69, 9.17) is 21.1 Å². The van der Waals surface area contributed by atoms with E-state index in [0.29, 0.717) is 23.0 Å². The molecule has 144 valence electrons. The largest absolute Gasteiger partial charge is 0.497 e. The highest BCUT2D eigenvalue weighted by molar-refractivity contribution is 6.32. The highest BCUT2D eigenvalue weighted by Crippen LogP contribution is 2.26. The second-order valence-electron chi connectivity index (χ2n) is 6.05. The van der Waals surface area contributed by atoms with Crippen molar-refractivity contribution < 1.29 is 14.3 Å². The van der Waals surface area contributed by atoms with Crippen LogP contribution < -0.4 is 20.1 Å². The van der Waals surface area contributed by atoms with Crippen LogP contribution in [0, 0.1) is 0 Å². The lowest BCUT2D eigenvalue weighted by Gasteiger charge is -2.11. The smallest absolute Gasteiger partial charge is 0.262 e. The molecule has 0 radical (unpaired) electrons. The minimum absolute atomic E-state index is 0.132. The van der Waals surface area contributed by atoms with Gasteiger partial charge in [-0.1, -0.05) is 35.9 Å². The van der Waals surface area contributed by atoms with E-state index in [9.17, 15) is 4.79 Å². The SMILES string of the molecule is COc1ccc(NC(=O)COc2ccc(CNc3ccccc3)cc2Cl)cc1. The summed E-state index contributed by atoms with van der Waals surface area (Å²) in [7, 11) is 1.59. The first-order valence-electron chi connectivity index (χ1n) is 8.78. The summed E-state index contributed by atoms with van der Waals surface area (Å²) in [4.78, 5) is 12.1. The molecular formula is C22H21ClN2O3. The minimum atomic E-state index is -0.268. The van der Waals surface area contributed by atoms with Crippen molar-refractivity contribution in [3.05, 3.63) is 83.4 Å². The molecule has 0 aliphatic carbocycles. The molecule has 5 nitrogen and oxygen atoms in total. The van der Waals surface area contributed by atoms with E-state index in [1.54, 1.807) is 37.4 Å². The number of methoxy groups -OCH3 is 1. The number of ether oxygens (including phenoxy) is 2. The highest BCUT2D eigenvalue weighted by atomic mass is 35.5. The Morgan fingerprint density at radius 2 is 1.71 bits per heavy atom. The van der Waals surface area contributed by atoms with Crippen LogP contribution in [0.2, 0.25) is 5.02 Å². The third-order valence-electron chi connectivity index (χ3n) is 4.00. The van der Waals surface area contributed by atoms with Crippen molar-refractivity contribution >= 4 is 28.9 Å². The monoisotopic (exact) mass is 396 g/mol. The van der Waals surface area contributed by atoms with Crippen molar-refractivity contribution in [2.45, 2.75) is 6.54 Å². The van der Waals surface area contributed by atoms with E-state index in [1.807, 2.05) is 42.5 Å². The first kappa shape index (κ1) is 19.6. The Labute approximate surface area is 169 Å². The number of carbonyl (C=O) groups is 1. The number of hydrogen-bond donors (Lipinski definition) is 2. The fraction of sp³-hybridized carbons (Fsp3) is 0.136. The van der Waals surface area contributed by atoms with Crippen LogP contribution in [0.15, 0.2) is 72.8 Å². The van der Waals surface area contributed by atoms with Gasteiger partial charge in [0, 0.05) is 17.9 Å². The van der Waals surface area contributed by atoms with Gasteiger partial charge < -0.3 is 20.1 Å². The van der Waals surface area contributed by atoms with Crippen LogP contribution in [-0.4, -0.2) is 19.6 Å². The van der Waals surface area contributed by atoms with Crippen LogP contribution in [0.1, 0.15) is 5.56 Å². The quantitative estimate of drug-likeness (QED) is 0.563. The van der Waals surface area contributed by atoms with Gasteiger partial charge in [-0.2, -0.15) is 0 Å². The lowest BCUT2D eigenvalue weighted by atomic mass is 10.2. The number of amides is 1. The van der Waals surface area contributed by atoms with Gasteiger partial charge in [-0.05, 0) is 54.1 Å². The molecule has 0 saturated heterocycles. The van der Waals surface area contributed by atoms with E-state index >= 15 is 0 Å². The van der Waals surface area contributed by atoms with Crippen molar-refractivity contribution in [1.29, 1.82) is 0 Å². The average Bonchev–Trinajstić information content (AvgIpc) is 2.73. The molecule has 0 heterocycles. The summed E-state index contributed by atoms with van der Waals surface area (Å²) < 4.78 is 10.6. The number of rotatable bonds is 8. The molecule has 0 saturated carbocycles. The molecule has 0 fully saturated rings. The Kier molecular flexibility index (Phi) is 6.76. The number of halogens is 1. The predicted octanol–water partition coefficient (Wildman–Crippen LogP) is 4.98. The van der Waals surface area contributed by atoms with Crippen LogP contribution in [0.5, 0.6) is 11.5 Å². The van der Waals surface area contributed by atoms with Crippen molar-refractivity contribution in [1.82, 2.24) is 0 Å². The molecule has 3 rings (SSSR count). The highest BCUT2D eigenvalue weighted by Gasteiger charge is 2.08. The van der Waals surface area contributed by atoms with Crippen LogP contribution in [0.4, 0.5) is 11.4 Å². The first-order valence-corrected chi connectivity index (χ1v) is 9.16. The Morgan fingerprint density at radius 3 is 2.39 bits per heavy atom. The molecule has 0 aromatic heterocycles. The number of benzene rings is 3. The van der Waals surface area contributed by atoms with Crippen molar-refractivity contribution in [2.75, 3.05) is 24.4 Å². The van der Waals surface area contributed by atoms with Gasteiger partial charge in [0.25, 0.3) is 5.91 Å². The van der Waals surface area contributed by atoms with Crippen LogP contribution in [0.3, 0.4) is 0 Å². The molecule has 0 bridgehead atoms. The Hall–Kier alpha value is -3.18. The van der Waals surface area contributed by atoms with Crippen LogP contribution in [-0.2, 0) is 11.3 Å². The van der Waals surface area contributed by atoms with E-state index < -0.39 is 0 Å². The van der Waals surface area contributed by atoms with E-state index in [2.05, 4.69) is 10.6 Å². The molecule has 0 atom stereocenters. The molecule has 1 amide bonds. The summed E-state index contributed by atoms with van der Waals surface area (Å²) in [6, 6.07) is 22.5. The zero-order chi connectivity index (χ0) is 19.8. The van der Waals surface area contributed by atoms with Gasteiger partial charge >= 0.3 is 0 Å². The summed E-state index contributed by atoms with van der Waals surface area (Å²) >= 11 is 6.29. The molecule has 2 N–H and O–H groups in total. The Morgan fingerprint density at radius 1 is 0.964 bits per heavy atom. The van der Waals surface area contributed by atoms with Crippen molar-refractivity contribution in [2.24, 2.45) is 0 Å². The maximum Gasteiger partial charge on any atom is 0.262 e. The van der Waals surface area contributed by atoms with Gasteiger partial charge in [-0.3, -0.25) is 4.79 Å². The second kappa shape index (κ2) is 9.67. The third kappa shape index (κ3) is 5.66. The molecule has 3 aromatic carbocycles. The van der Waals surface area contributed by atoms with Gasteiger partial charge in [-0.25, -0.2) is 0 Å². The predicted molar refractivity (Wildman–Crippen MR) is 112 cm³/mol. The van der Waals surface area contributed by atoms with Gasteiger partial charge in [-0.15, -0.1) is 0 Å². The molecule has 28 heavy (non-hydrogen) atoms. The van der Waals surface area contributed by atoms with Gasteiger partial charge in [0.2, 0.25) is 0 Å². The number of anilines is 2. The fourth-order valence-corrected chi connectivity index (χ4v) is 2.80. The summed E-state index contributed by atoms with van der Waals surface area (Å²) in [5.74, 6) is 0.925. The maximum atomic E-state index is 12.1. The average molecular weight is 397 g/mol. The topological polar surface area (TPSA) is 59.6 Å². The fourth-order valence-electron chi connectivity index (χ4n) is 2.55. The Bertz CT molecular complexity index is 915. The molecule has 0 aliphatic rings. The summed E-state index contributed by atoms with van der Waals surface area (Å²) in [6.45, 7) is 0.509.